The van der Waals surface area contributed by atoms with E-state index in [0.717, 1.165) is 47.9 Å². The molecule has 1 saturated heterocycles. The fraction of sp³-hybridized carbons (Fsp3) is 0.385. The van der Waals surface area contributed by atoms with Crippen LogP contribution in [0.5, 0.6) is 0 Å². The maximum absolute atomic E-state index is 12.9. The minimum absolute atomic E-state index is 0.0139. The van der Waals surface area contributed by atoms with Crippen LogP contribution in [0, 0.1) is 5.92 Å². The van der Waals surface area contributed by atoms with Gasteiger partial charge in [0.25, 0.3) is 11.8 Å². The van der Waals surface area contributed by atoms with Crippen molar-refractivity contribution in [2.24, 2.45) is 5.92 Å². The summed E-state index contributed by atoms with van der Waals surface area (Å²) in [5.74, 6) is -2.16. The number of fused-ring (bicyclic) bond motifs is 3. The molecule has 0 spiro atoms. The van der Waals surface area contributed by atoms with Crippen LogP contribution in [0.2, 0.25) is 0 Å². The number of alkyl carbamates (subject to hydrolysis) is 1. The summed E-state index contributed by atoms with van der Waals surface area (Å²) in [5.41, 5.74) is 4.43. The van der Waals surface area contributed by atoms with E-state index >= 15 is 0 Å². The third kappa shape index (κ3) is 4.16. The van der Waals surface area contributed by atoms with Gasteiger partial charge in [-0.3, -0.25) is 9.59 Å². The first-order valence-corrected chi connectivity index (χ1v) is 11.7. The van der Waals surface area contributed by atoms with Crippen molar-refractivity contribution in [3.05, 3.63) is 59.7 Å². The number of nitrogens with zero attached hydrogens (tertiary/aromatic N) is 1. The maximum atomic E-state index is 12.9. The summed E-state index contributed by atoms with van der Waals surface area (Å²) in [7, 11) is 0. The van der Waals surface area contributed by atoms with E-state index in [4.69, 9.17) is 9.57 Å². The molecule has 1 atom stereocenters. The molecule has 8 nitrogen and oxygen atoms in total. The number of hydroxylamine groups is 2. The Morgan fingerprint density at radius 1 is 0.912 bits per heavy atom. The molecule has 0 bridgehead atoms. The Bertz CT molecular complexity index is 1080. The number of amides is 3. The molecule has 2 aromatic rings. The Morgan fingerprint density at radius 3 is 2.06 bits per heavy atom. The van der Waals surface area contributed by atoms with Gasteiger partial charge in [0.15, 0.2) is 0 Å². The second-order valence-electron chi connectivity index (χ2n) is 8.98. The normalized spacial score (nSPS) is 18.5. The van der Waals surface area contributed by atoms with Crippen molar-refractivity contribution in [3.63, 3.8) is 0 Å². The smallest absolute Gasteiger partial charge is 0.407 e. The fourth-order valence-corrected chi connectivity index (χ4v) is 5.23. The average molecular weight is 463 g/mol. The number of nitrogens with one attached hydrogen (secondary N) is 1. The summed E-state index contributed by atoms with van der Waals surface area (Å²) >= 11 is 0. The molecule has 3 amide bonds. The average Bonchev–Trinajstić information content (AvgIpc) is 3.56. The van der Waals surface area contributed by atoms with Gasteiger partial charge in [-0.1, -0.05) is 61.4 Å². The second kappa shape index (κ2) is 9.29. The molecule has 2 aliphatic carbocycles. The predicted octanol–water partition coefficient (Wildman–Crippen LogP) is 3.69. The Kier molecular flexibility index (Phi) is 6.04. The molecule has 2 aromatic carbocycles. The molecule has 1 saturated carbocycles. The summed E-state index contributed by atoms with van der Waals surface area (Å²) in [5, 5.41) is 3.17. The van der Waals surface area contributed by atoms with Crippen LogP contribution in [0.4, 0.5) is 4.79 Å². The van der Waals surface area contributed by atoms with E-state index in [9.17, 15) is 19.2 Å². The molecule has 0 radical (unpaired) electrons. The van der Waals surface area contributed by atoms with Crippen LogP contribution < -0.4 is 5.32 Å². The molecular weight excluding hydrogens is 436 g/mol. The lowest BCUT2D eigenvalue weighted by atomic mass is 9.98. The summed E-state index contributed by atoms with van der Waals surface area (Å²) in [4.78, 5) is 54.4. The molecular formula is C26H26N2O6. The number of ether oxygens (including phenoxy) is 1. The lowest BCUT2D eigenvalue weighted by Crippen LogP contribution is -2.49. The van der Waals surface area contributed by atoms with Crippen molar-refractivity contribution in [2.45, 2.75) is 50.5 Å². The molecule has 1 N–H and O–H groups in total. The number of carbonyl (C=O) groups is 4. The highest BCUT2D eigenvalue weighted by Crippen LogP contribution is 2.44. The maximum Gasteiger partial charge on any atom is 0.407 e. The third-order valence-electron chi connectivity index (χ3n) is 6.93. The standard InChI is InChI=1S/C26H26N2O6/c29-22-13-14-23(30)28(22)34-25(31)24(16-7-1-2-8-16)27-26(32)33-15-21-19-11-5-3-9-17(19)18-10-4-6-12-20(18)21/h3-6,9-12,16,21,24H,1-2,7-8,13-15H2,(H,27,32)/t24-/m0/s1. The molecule has 0 aromatic heterocycles. The van der Waals surface area contributed by atoms with E-state index in [0.29, 0.717) is 5.06 Å². The van der Waals surface area contributed by atoms with Gasteiger partial charge in [0.05, 0.1) is 0 Å². The van der Waals surface area contributed by atoms with Crippen molar-refractivity contribution in [1.29, 1.82) is 0 Å². The zero-order chi connectivity index (χ0) is 23.7. The molecule has 34 heavy (non-hydrogen) atoms. The molecule has 8 heteroatoms. The number of hydrogen-bond donors (Lipinski definition) is 1. The minimum atomic E-state index is -0.987. The Balaban J connectivity index is 1.27. The van der Waals surface area contributed by atoms with E-state index in [1.165, 1.54) is 0 Å². The Labute approximate surface area is 197 Å². The first-order chi connectivity index (χ1) is 16.5. The van der Waals surface area contributed by atoms with Crippen LogP contribution in [0.15, 0.2) is 48.5 Å². The number of hydrogen-bond acceptors (Lipinski definition) is 6. The number of benzene rings is 2. The van der Waals surface area contributed by atoms with E-state index in [2.05, 4.69) is 17.4 Å². The van der Waals surface area contributed by atoms with E-state index in [1.54, 1.807) is 0 Å². The van der Waals surface area contributed by atoms with Gasteiger partial charge in [-0.25, -0.2) is 9.59 Å². The zero-order valence-corrected chi connectivity index (χ0v) is 18.7. The molecule has 0 unspecified atom stereocenters. The Hall–Kier alpha value is -3.68. The van der Waals surface area contributed by atoms with Gasteiger partial charge < -0.3 is 14.9 Å². The van der Waals surface area contributed by atoms with Crippen LogP contribution in [-0.4, -0.2) is 41.6 Å². The minimum Gasteiger partial charge on any atom is -0.449 e. The highest BCUT2D eigenvalue weighted by atomic mass is 16.7. The molecule has 176 valence electrons. The monoisotopic (exact) mass is 462 g/mol. The highest BCUT2D eigenvalue weighted by molar-refractivity contribution is 6.02. The van der Waals surface area contributed by atoms with Crippen molar-refractivity contribution in [3.8, 4) is 11.1 Å². The van der Waals surface area contributed by atoms with E-state index in [-0.39, 0.29) is 31.3 Å². The summed E-state index contributed by atoms with van der Waals surface area (Å²) < 4.78 is 5.59. The number of carbonyl (C=O) groups excluding carboxylic acids is 4. The quantitative estimate of drug-likeness (QED) is 0.657. The molecule has 1 aliphatic heterocycles. The lowest BCUT2D eigenvalue weighted by molar-refractivity contribution is -0.199. The largest absolute Gasteiger partial charge is 0.449 e. The van der Waals surface area contributed by atoms with Crippen molar-refractivity contribution in [1.82, 2.24) is 10.4 Å². The van der Waals surface area contributed by atoms with Crippen LogP contribution in [0.25, 0.3) is 11.1 Å². The van der Waals surface area contributed by atoms with E-state index in [1.807, 2.05) is 36.4 Å². The molecule has 5 rings (SSSR count). The van der Waals surface area contributed by atoms with Crippen LogP contribution in [0.3, 0.4) is 0 Å². The first-order valence-electron chi connectivity index (χ1n) is 11.7. The first kappa shape index (κ1) is 22.1. The van der Waals surface area contributed by atoms with Crippen LogP contribution in [-0.2, 0) is 24.0 Å². The van der Waals surface area contributed by atoms with Gasteiger partial charge in [0.1, 0.15) is 12.6 Å². The van der Waals surface area contributed by atoms with Crippen LogP contribution in [0.1, 0.15) is 55.6 Å². The van der Waals surface area contributed by atoms with E-state index < -0.39 is 29.9 Å². The zero-order valence-electron chi connectivity index (χ0n) is 18.7. The fourth-order valence-electron chi connectivity index (χ4n) is 5.23. The van der Waals surface area contributed by atoms with Crippen molar-refractivity contribution in [2.75, 3.05) is 6.61 Å². The van der Waals surface area contributed by atoms with Gasteiger partial charge in [-0.05, 0) is 41.0 Å². The van der Waals surface area contributed by atoms with Gasteiger partial charge in [0.2, 0.25) is 0 Å². The topological polar surface area (TPSA) is 102 Å². The molecule has 3 aliphatic rings. The van der Waals surface area contributed by atoms with Gasteiger partial charge >= 0.3 is 12.1 Å². The number of rotatable bonds is 6. The number of imide groups is 1. The van der Waals surface area contributed by atoms with Crippen molar-refractivity contribution < 1.29 is 28.8 Å². The SMILES string of the molecule is O=C(N[C@H](C(=O)ON1C(=O)CCC1=O)C1CCCC1)OCC1c2ccccc2-c2ccccc21. The summed E-state index contributed by atoms with van der Waals surface area (Å²) in [6, 6.07) is 15.1. The second-order valence-corrected chi connectivity index (χ2v) is 8.98. The van der Waals surface area contributed by atoms with Crippen molar-refractivity contribution >= 4 is 23.9 Å². The Morgan fingerprint density at radius 2 is 1.47 bits per heavy atom. The summed E-state index contributed by atoms with van der Waals surface area (Å²) in [6.07, 6.45) is 2.65. The van der Waals surface area contributed by atoms with Gasteiger partial charge in [-0.2, -0.15) is 0 Å². The van der Waals surface area contributed by atoms with Crippen LogP contribution >= 0.6 is 0 Å². The van der Waals surface area contributed by atoms with Gasteiger partial charge in [-0.15, -0.1) is 5.06 Å². The molecule has 2 fully saturated rings. The highest BCUT2D eigenvalue weighted by Gasteiger charge is 2.39. The lowest BCUT2D eigenvalue weighted by Gasteiger charge is -2.24. The molecule has 1 heterocycles. The predicted molar refractivity (Wildman–Crippen MR) is 121 cm³/mol. The van der Waals surface area contributed by atoms with Gasteiger partial charge in [0, 0.05) is 18.8 Å². The third-order valence-corrected chi connectivity index (χ3v) is 6.93. The summed E-state index contributed by atoms with van der Waals surface area (Å²) in [6.45, 7) is 0.120.